The number of carbonyl (C=O) groups excluding carboxylic acids is 1. The molecule has 126 valence electrons. The minimum atomic E-state index is -0.315. The summed E-state index contributed by atoms with van der Waals surface area (Å²) in [6.07, 6.45) is 3.27. The Kier molecular flexibility index (Phi) is 5.56. The number of rotatable bonds is 4. The topological polar surface area (TPSA) is 60.5 Å². The molecule has 1 fully saturated rings. The van der Waals surface area contributed by atoms with Crippen molar-refractivity contribution in [1.29, 1.82) is 0 Å². The van der Waals surface area contributed by atoms with Crippen LogP contribution in [-0.4, -0.2) is 30.2 Å². The first-order valence-corrected chi connectivity index (χ1v) is 8.34. The van der Waals surface area contributed by atoms with E-state index in [4.69, 9.17) is 32.7 Å². The van der Waals surface area contributed by atoms with Crippen LogP contribution in [0.25, 0.3) is 0 Å². The van der Waals surface area contributed by atoms with E-state index >= 15 is 0 Å². The van der Waals surface area contributed by atoms with E-state index in [2.05, 4.69) is 10.3 Å². The van der Waals surface area contributed by atoms with Crippen molar-refractivity contribution in [3.63, 3.8) is 0 Å². The third kappa shape index (κ3) is 4.38. The number of halogens is 2. The first kappa shape index (κ1) is 17.0. The molecule has 0 radical (unpaired) electrons. The molecule has 2 heterocycles. The molecule has 3 rings (SSSR count). The molecule has 5 nitrogen and oxygen atoms in total. The normalized spacial score (nSPS) is 15.1. The zero-order chi connectivity index (χ0) is 16.9. The molecular weight excluding hydrogens is 351 g/mol. The van der Waals surface area contributed by atoms with Crippen LogP contribution in [0.15, 0.2) is 36.5 Å². The average molecular weight is 367 g/mol. The minimum Gasteiger partial charge on any atom is -0.474 e. The number of pyridine rings is 1. The summed E-state index contributed by atoms with van der Waals surface area (Å²) in [4.78, 5) is 16.5. The fourth-order valence-corrected chi connectivity index (χ4v) is 2.67. The molecule has 0 saturated carbocycles. The summed E-state index contributed by atoms with van der Waals surface area (Å²) < 4.78 is 11.1. The Balaban J connectivity index is 1.64. The number of benzene rings is 1. The van der Waals surface area contributed by atoms with Gasteiger partial charge in [0.2, 0.25) is 5.88 Å². The van der Waals surface area contributed by atoms with Crippen molar-refractivity contribution in [2.75, 3.05) is 18.5 Å². The lowest BCUT2D eigenvalue weighted by Crippen LogP contribution is -2.26. The summed E-state index contributed by atoms with van der Waals surface area (Å²) in [5.41, 5.74) is 0.863. The first-order valence-electron chi connectivity index (χ1n) is 7.58. The quantitative estimate of drug-likeness (QED) is 0.880. The zero-order valence-corrected chi connectivity index (χ0v) is 14.3. The predicted octanol–water partition coefficient (Wildman–Crippen LogP) is 4.20. The van der Waals surface area contributed by atoms with Gasteiger partial charge in [-0.3, -0.25) is 4.79 Å². The van der Waals surface area contributed by atoms with Crippen LogP contribution in [-0.2, 0) is 4.74 Å². The molecule has 1 amide bonds. The van der Waals surface area contributed by atoms with Gasteiger partial charge in [0.05, 0.1) is 29.5 Å². The number of nitrogens with zero attached hydrogens (tertiary/aromatic N) is 1. The summed E-state index contributed by atoms with van der Waals surface area (Å²) in [6.45, 7) is 1.40. The SMILES string of the molecule is O=C(Nc1cc(Cl)ccc1Cl)c1ccc(OC2CCOCC2)nc1. The fourth-order valence-electron chi connectivity index (χ4n) is 2.34. The second-order valence-electron chi connectivity index (χ2n) is 5.39. The summed E-state index contributed by atoms with van der Waals surface area (Å²) in [5.74, 6) is 0.184. The third-order valence-corrected chi connectivity index (χ3v) is 4.20. The maximum Gasteiger partial charge on any atom is 0.257 e. The number of nitrogens with one attached hydrogen (secondary N) is 1. The molecule has 1 aliphatic heterocycles. The molecule has 7 heteroatoms. The maximum atomic E-state index is 12.3. The molecule has 1 N–H and O–H groups in total. The van der Waals surface area contributed by atoms with E-state index < -0.39 is 0 Å². The largest absolute Gasteiger partial charge is 0.474 e. The standard InChI is InChI=1S/C17H16Cl2N2O3/c18-12-2-3-14(19)15(9-12)21-17(22)11-1-4-16(20-10-11)24-13-5-7-23-8-6-13/h1-4,9-10,13H,5-8H2,(H,21,22). The van der Waals surface area contributed by atoms with E-state index in [1.54, 1.807) is 30.3 Å². The molecule has 1 aromatic carbocycles. The van der Waals surface area contributed by atoms with E-state index in [1.165, 1.54) is 6.20 Å². The lowest BCUT2D eigenvalue weighted by molar-refractivity contribution is 0.0237. The van der Waals surface area contributed by atoms with Crippen molar-refractivity contribution >= 4 is 34.8 Å². The highest BCUT2D eigenvalue weighted by molar-refractivity contribution is 6.35. The number of anilines is 1. The van der Waals surface area contributed by atoms with Crippen molar-refractivity contribution < 1.29 is 14.3 Å². The van der Waals surface area contributed by atoms with Gasteiger partial charge in [-0.15, -0.1) is 0 Å². The molecule has 2 aromatic rings. The monoisotopic (exact) mass is 366 g/mol. The maximum absolute atomic E-state index is 12.3. The van der Waals surface area contributed by atoms with Gasteiger partial charge in [0.15, 0.2) is 0 Å². The van der Waals surface area contributed by atoms with Crippen molar-refractivity contribution in [3.8, 4) is 5.88 Å². The van der Waals surface area contributed by atoms with E-state index in [1.807, 2.05) is 0 Å². The van der Waals surface area contributed by atoms with Gasteiger partial charge in [0.1, 0.15) is 6.10 Å². The van der Waals surface area contributed by atoms with Crippen molar-refractivity contribution in [2.45, 2.75) is 18.9 Å². The van der Waals surface area contributed by atoms with Gasteiger partial charge in [0, 0.05) is 30.1 Å². The van der Waals surface area contributed by atoms with Gasteiger partial charge in [-0.1, -0.05) is 23.2 Å². The second-order valence-corrected chi connectivity index (χ2v) is 6.24. The van der Waals surface area contributed by atoms with Crippen LogP contribution < -0.4 is 10.1 Å². The molecular formula is C17H16Cl2N2O3. The van der Waals surface area contributed by atoms with Gasteiger partial charge in [-0.05, 0) is 24.3 Å². The number of hydrogen-bond donors (Lipinski definition) is 1. The summed E-state index contributed by atoms with van der Waals surface area (Å²) in [6, 6.07) is 8.23. The van der Waals surface area contributed by atoms with Crippen LogP contribution >= 0.6 is 23.2 Å². The molecule has 0 unspecified atom stereocenters. The fraction of sp³-hybridized carbons (Fsp3) is 0.294. The Morgan fingerprint density at radius 2 is 2.00 bits per heavy atom. The Morgan fingerprint density at radius 1 is 1.21 bits per heavy atom. The predicted molar refractivity (Wildman–Crippen MR) is 93.1 cm³/mol. The van der Waals surface area contributed by atoms with Crippen LogP contribution in [0, 0.1) is 0 Å². The first-order chi connectivity index (χ1) is 11.6. The van der Waals surface area contributed by atoms with Gasteiger partial charge >= 0.3 is 0 Å². The summed E-state index contributed by atoms with van der Waals surface area (Å²) in [7, 11) is 0. The Labute approximate surface area is 149 Å². The van der Waals surface area contributed by atoms with Crippen molar-refractivity contribution in [3.05, 3.63) is 52.1 Å². The van der Waals surface area contributed by atoms with Crippen LogP contribution in [0.3, 0.4) is 0 Å². The molecule has 0 spiro atoms. The highest BCUT2D eigenvalue weighted by Gasteiger charge is 2.16. The molecule has 0 bridgehead atoms. The van der Waals surface area contributed by atoms with Crippen LogP contribution in [0.5, 0.6) is 5.88 Å². The summed E-state index contributed by atoms with van der Waals surface area (Å²) >= 11 is 12.0. The Bertz CT molecular complexity index is 716. The lowest BCUT2D eigenvalue weighted by Gasteiger charge is -2.22. The third-order valence-electron chi connectivity index (χ3n) is 3.63. The molecule has 1 aromatic heterocycles. The number of aromatic nitrogens is 1. The van der Waals surface area contributed by atoms with Crippen molar-refractivity contribution in [2.24, 2.45) is 0 Å². The molecule has 0 atom stereocenters. The Hall–Kier alpha value is -1.82. The van der Waals surface area contributed by atoms with Crippen LogP contribution in [0.4, 0.5) is 5.69 Å². The highest BCUT2D eigenvalue weighted by Crippen LogP contribution is 2.26. The van der Waals surface area contributed by atoms with Gasteiger partial charge in [-0.2, -0.15) is 0 Å². The Morgan fingerprint density at radius 3 is 2.71 bits per heavy atom. The van der Waals surface area contributed by atoms with Gasteiger partial charge in [-0.25, -0.2) is 4.98 Å². The number of carbonyl (C=O) groups is 1. The number of amides is 1. The number of ether oxygens (including phenoxy) is 2. The highest BCUT2D eigenvalue weighted by atomic mass is 35.5. The molecule has 1 aliphatic rings. The van der Waals surface area contributed by atoms with E-state index in [0.29, 0.717) is 40.4 Å². The van der Waals surface area contributed by atoms with Crippen LogP contribution in [0.2, 0.25) is 10.0 Å². The molecule has 0 aliphatic carbocycles. The van der Waals surface area contributed by atoms with Crippen molar-refractivity contribution in [1.82, 2.24) is 4.98 Å². The molecule has 24 heavy (non-hydrogen) atoms. The lowest BCUT2D eigenvalue weighted by atomic mass is 10.1. The smallest absolute Gasteiger partial charge is 0.257 e. The van der Waals surface area contributed by atoms with E-state index in [9.17, 15) is 4.79 Å². The van der Waals surface area contributed by atoms with Crippen LogP contribution in [0.1, 0.15) is 23.2 Å². The van der Waals surface area contributed by atoms with Gasteiger partial charge in [0.25, 0.3) is 5.91 Å². The van der Waals surface area contributed by atoms with Gasteiger partial charge < -0.3 is 14.8 Å². The van der Waals surface area contributed by atoms with E-state index in [-0.39, 0.29) is 12.0 Å². The average Bonchev–Trinajstić information content (AvgIpc) is 2.60. The minimum absolute atomic E-state index is 0.108. The van der Waals surface area contributed by atoms with E-state index in [0.717, 1.165) is 12.8 Å². The second kappa shape index (κ2) is 7.83. The molecule has 1 saturated heterocycles. The zero-order valence-electron chi connectivity index (χ0n) is 12.8. The number of hydrogen-bond acceptors (Lipinski definition) is 4. The summed E-state index contributed by atoms with van der Waals surface area (Å²) in [5, 5.41) is 3.63.